The Hall–Kier alpha value is -2.05. The first-order valence-electron chi connectivity index (χ1n) is 8.51. The molecule has 2 aliphatic heterocycles. The lowest BCUT2D eigenvalue weighted by Crippen LogP contribution is -2.64. The molecule has 2 unspecified atom stereocenters. The number of benzene rings is 2. The highest BCUT2D eigenvalue weighted by Crippen LogP contribution is 2.50. The van der Waals surface area contributed by atoms with Crippen molar-refractivity contribution in [3.05, 3.63) is 58.6 Å². The van der Waals surface area contributed by atoms with E-state index in [9.17, 15) is 5.11 Å². The number of fused-ring (bicyclic) bond motifs is 6. The molecule has 0 saturated heterocycles. The van der Waals surface area contributed by atoms with Crippen molar-refractivity contribution in [1.29, 1.82) is 0 Å². The van der Waals surface area contributed by atoms with Crippen LogP contribution in [0.15, 0.2) is 53.0 Å². The summed E-state index contributed by atoms with van der Waals surface area (Å²) in [6.07, 6.45) is 0.741. The van der Waals surface area contributed by atoms with Crippen molar-refractivity contribution < 1.29 is 14.4 Å². The van der Waals surface area contributed by atoms with Gasteiger partial charge in [-0.1, -0.05) is 46.3 Å². The Bertz CT molecular complexity index is 1020. The van der Waals surface area contributed by atoms with Gasteiger partial charge >= 0.3 is 5.13 Å². The third-order valence-electron chi connectivity index (χ3n) is 5.39. The van der Waals surface area contributed by atoms with Crippen LogP contribution in [0, 0.1) is 0 Å². The predicted molar refractivity (Wildman–Crippen MR) is 104 cm³/mol. The maximum absolute atomic E-state index is 13.4. The van der Waals surface area contributed by atoms with E-state index in [4.69, 9.17) is 4.74 Å². The Balaban J connectivity index is 1.76. The molecule has 2 atom stereocenters. The summed E-state index contributed by atoms with van der Waals surface area (Å²) < 4.78 is 9.31. The molecule has 2 aliphatic rings. The van der Waals surface area contributed by atoms with Gasteiger partial charge in [0.15, 0.2) is 0 Å². The summed E-state index contributed by atoms with van der Waals surface area (Å²) >= 11 is 5.10. The summed E-state index contributed by atoms with van der Waals surface area (Å²) in [6.45, 7) is 2.10. The molecule has 3 heterocycles. The molecule has 5 rings (SSSR count). The van der Waals surface area contributed by atoms with Crippen LogP contribution in [0.3, 0.4) is 0 Å². The molecular formula is C20H17BrN2O2S. The van der Waals surface area contributed by atoms with Crippen LogP contribution in [0.5, 0.6) is 11.6 Å². The third-order valence-corrected chi connectivity index (χ3v) is 7.15. The monoisotopic (exact) mass is 428 g/mol. The van der Waals surface area contributed by atoms with Crippen molar-refractivity contribution in [2.75, 3.05) is 11.9 Å². The van der Waals surface area contributed by atoms with Gasteiger partial charge in [-0.25, -0.2) is 9.47 Å². The van der Waals surface area contributed by atoms with Gasteiger partial charge in [0.05, 0.1) is 24.2 Å². The fourth-order valence-corrected chi connectivity index (χ4v) is 5.55. The first-order valence-corrected chi connectivity index (χ1v) is 10.1. The van der Waals surface area contributed by atoms with Gasteiger partial charge in [-0.2, -0.15) is 0 Å². The van der Waals surface area contributed by atoms with Gasteiger partial charge in [-0.05, 0) is 35.1 Å². The van der Waals surface area contributed by atoms with E-state index >= 15 is 0 Å². The Kier molecular flexibility index (Phi) is 3.40. The average Bonchev–Trinajstić information content (AvgIpc) is 2.98. The molecule has 0 fully saturated rings. The Morgan fingerprint density at radius 2 is 2.04 bits per heavy atom. The average molecular weight is 429 g/mol. The van der Waals surface area contributed by atoms with Crippen LogP contribution < -0.4 is 19.3 Å². The minimum absolute atomic E-state index is 0.0198. The normalized spacial score (nSPS) is 23.2. The van der Waals surface area contributed by atoms with Gasteiger partial charge < -0.3 is 9.84 Å². The minimum atomic E-state index is -0.462. The Morgan fingerprint density at radius 1 is 1.27 bits per heavy atom. The number of hydrogen-bond donors (Lipinski definition) is 0. The van der Waals surface area contributed by atoms with Crippen molar-refractivity contribution in [2.45, 2.75) is 25.1 Å². The molecule has 132 valence electrons. The van der Waals surface area contributed by atoms with Crippen LogP contribution in [-0.4, -0.2) is 12.8 Å². The van der Waals surface area contributed by atoms with E-state index in [0.29, 0.717) is 0 Å². The molecule has 0 aliphatic carbocycles. The number of anilines is 1. The van der Waals surface area contributed by atoms with E-state index in [1.54, 1.807) is 11.3 Å². The lowest BCUT2D eigenvalue weighted by molar-refractivity contribution is -0.742. The maximum atomic E-state index is 13.4. The van der Waals surface area contributed by atoms with Crippen LogP contribution >= 0.6 is 27.3 Å². The molecule has 2 aromatic carbocycles. The summed E-state index contributed by atoms with van der Waals surface area (Å²) in [5.41, 5.74) is 1.56. The van der Waals surface area contributed by atoms with Crippen molar-refractivity contribution in [1.82, 2.24) is 0 Å². The zero-order valence-corrected chi connectivity index (χ0v) is 16.8. The topological polar surface area (TPSA) is 39.4 Å². The molecule has 26 heavy (non-hydrogen) atoms. The highest BCUT2D eigenvalue weighted by molar-refractivity contribution is 9.10. The molecule has 0 amide bonds. The first kappa shape index (κ1) is 16.1. The van der Waals surface area contributed by atoms with Gasteiger partial charge in [0.1, 0.15) is 11.8 Å². The lowest BCUT2D eigenvalue weighted by Gasteiger charge is -2.44. The van der Waals surface area contributed by atoms with Crippen LogP contribution in [0.4, 0.5) is 5.13 Å². The lowest BCUT2D eigenvalue weighted by atomic mass is 9.91. The van der Waals surface area contributed by atoms with E-state index in [2.05, 4.69) is 33.8 Å². The summed E-state index contributed by atoms with van der Waals surface area (Å²) in [4.78, 5) is 2.88. The van der Waals surface area contributed by atoms with Crippen molar-refractivity contribution in [3.63, 3.8) is 0 Å². The van der Waals surface area contributed by atoms with Crippen LogP contribution in [0.2, 0.25) is 0 Å². The van der Waals surface area contributed by atoms with Crippen LogP contribution in [-0.2, 0) is 0 Å². The van der Waals surface area contributed by atoms with Gasteiger partial charge in [-0.15, -0.1) is 0 Å². The van der Waals surface area contributed by atoms with E-state index in [-0.39, 0.29) is 11.9 Å². The number of halogens is 1. The molecule has 0 N–H and O–H groups in total. The second-order valence-electron chi connectivity index (χ2n) is 6.99. The van der Waals surface area contributed by atoms with Crippen molar-refractivity contribution >= 4 is 32.4 Å². The summed E-state index contributed by atoms with van der Waals surface area (Å²) in [6, 6.07) is 15.9. The van der Waals surface area contributed by atoms with Crippen molar-refractivity contribution in [3.8, 4) is 22.1 Å². The number of thiazole rings is 1. The maximum Gasteiger partial charge on any atom is 0.339 e. The predicted octanol–water partition coefficient (Wildman–Crippen LogP) is 4.08. The summed E-state index contributed by atoms with van der Waals surface area (Å²) in [5, 5.41) is 14.3. The SMILES string of the molecule is CN1c2sc(-c3ccccc3)c([O-])[n+]2C2CC1(C)Oc1ccc(Br)cc12. The van der Waals surface area contributed by atoms with E-state index in [1.807, 2.05) is 54.1 Å². The molecule has 3 aromatic rings. The fourth-order valence-electron chi connectivity index (χ4n) is 3.92. The Labute approximate surface area is 164 Å². The second kappa shape index (κ2) is 5.47. The molecule has 1 aromatic heterocycles. The zero-order chi connectivity index (χ0) is 18.1. The van der Waals surface area contributed by atoms with E-state index in [1.165, 1.54) is 0 Å². The smallest absolute Gasteiger partial charge is 0.339 e. The number of aromatic nitrogens is 1. The zero-order valence-electron chi connectivity index (χ0n) is 14.4. The van der Waals surface area contributed by atoms with E-state index < -0.39 is 5.72 Å². The number of nitrogens with zero attached hydrogens (tertiary/aromatic N) is 2. The number of ether oxygens (including phenoxy) is 1. The number of rotatable bonds is 1. The molecule has 0 radical (unpaired) electrons. The Morgan fingerprint density at radius 3 is 2.81 bits per heavy atom. The van der Waals surface area contributed by atoms with Gasteiger partial charge in [0.25, 0.3) is 0 Å². The fraction of sp³-hybridized carbons (Fsp3) is 0.250. The second-order valence-corrected chi connectivity index (χ2v) is 8.89. The van der Waals surface area contributed by atoms with Crippen LogP contribution in [0.1, 0.15) is 24.9 Å². The molecule has 4 nitrogen and oxygen atoms in total. The van der Waals surface area contributed by atoms with Crippen molar-refractivity contribution in [2.24, 2.45) is 0 Å². The van der Waals surface area contributed by atoms with Gasteiger partial charge in [0.2, 0.25) is 5.72 Å². The molecule has 0 saturated carbocycles. The molecule has 2 bridgehead atoms. The third kappa shape index (κ3) is 2.15. The molecule has 0 spiro atoms. The summed E-state index contributed by atoms with van der Waals surface area (Å²) in [7, 11) is 2.01. The minimum Gasteiger partial charge on any atom is -0.841 e. The van der Waals surface area contributed by atoms with E-state index in [0.717, 1.165) is 37.8 Å². The molecular weight excluding hydrogens is 412 g/mol. The number of hydrogen-bond acceptors (Lipinski definition) is 4. The standard InChI is InChI=1S/C20H17BrN2O2S/c1-20-11-15(14-10-13(21)8-9-16(14)25-20)23-18(24)17(26-19(23)22(20)2)12-6-4-3-5-7-12/h3-10,15H,11H2,1-2H3. The van der Waals surface area contributed by atoms with Gasteiger partial charge in [-0.3, -0.25) is 0 Å². The highest BCUT2D eigenvalue weighted by Gasteiger charge is 2.54. The highest BCUT2D eigenvalue weighted by atomic mass is 79.9. The summed E-state index contributed by atoms with van der Waals surface area (Å²) in [5.74, 6) is 0.923. The molecule has 6 heteroatoms. The van der Waals surface area contributed by atoms with Gasteiger partial charge in [0, 0.05) is 17.0 Å². The largest absolute Gasteiger partial charge is 0.841 e. The first-order chi connectivity index (χ1) is 12.5. The van der Waals surface area contributed by atoms with Crippen LogP contribution in [0.25, 0.3) is 10.4 Å². The quantitative estimate of drug-likeness (QED) is 0.548.